The van der Waals surface area contributed by atoms with Gasteiger partial charge in [0.25, 0.3) is 0 Å². The van der Waals surface area contributed by atoms with Gasteiger partial charge < -0.3 is 14.4 Å². The van der Waals surface area contributed by atoms with Gasteiger partial charge in [-0.3, -0.25) is 0 Å². The summed E-state index contributed by atoms with van der Waals surface area (Å²) in [6.45, 7) is 16.9. The zero-order chi connectivity index (χ0) is 33.6. The number of nitriles is 1. The lowest BCUT2D eigenvalue weighted by Crippen LogP contribution is -2.27. The summed E-state index contributed by atoms with van der Waals surface area (Å²) in [6, 6.07) is 11.8. The van der Waals surface area contributed by atoms with Gasteiger partial charge in [-0.05, 0) is 71.6 Å². The van der Waals surface area contributed by atoms with Gasteiger partial charge >= 0.3 is 0 Å². The van der Waals surface area contributed by atoms with Gasteiger partial charge in [-0.25, -0.2) is 0 Å². The Hall–Kier alpha value is -2.59. The third kappa shape index (κ3) is 14.0. The first-order valence-electron chi connectivity index (χ1n) is 18.2. The van der Waals surface area contributed by atoms with Crippen molar-refractivity contribution in [3.05, 3.63) is 40.4 Å². The van der Waals surface area contributed by atoms with Crippen LogP contribution in [0, 0.1) is 23.2 Å². The van der Waals surface area contributed by atoms with E-state index in [2.05, 4.69) is 85.7 Å². The van der Waals surface area contributed by atoms with Gasteiger partial charge in [0.1, 0.15) is 17.2 Å². The number of hydrogen-bond donors (Lipinski definition) is 0. The zero-order valence-corrected chi connectivity index (χ0v) is 31.3. The maximum atomic E-state index is 9.31. The Morgan fingerprint density at radius 1 is 0.696 bits per heavy atom. The molecule has 2 rings (SSSR count). The van der Waals surface area contributed by atoms with Crippen LogP contribution in [0.1, 0.15) is 137 Å². The van der Waals surface area contributed by atoms with Crippen LogP contribution in [0.4, 0.5) is 17.1 Å². The number of anilines is 1. The molecule has 0 saturated heterocycles. The lowest BCUT2D eigenvalue weighted by atomic mass is 10.0. The van der Waals surface area contributed by atoms with Crippen LogP contribution in [0.2, 0.25) is 0 Å². The van der Waals surface area contributed by atoms with Gasteiger partial charge in [-0.15, -0.1) is 10.2 Å². The predicted octanol–water partition coefficient (Wildman–Crippen LogP) is 13.1. The van der Waals surface area contributed by atoms with Crippen LogP contribution in [0.5, 0.6) is 11.5 Å². The number of halogens is 1. The first-order valence-corrected chi connectivity index (χ1v) is 19.0. The smallest absolute Gasteiger partial charge is 0.149 e. The molecule has 0 aliphatic rings. The zero-order valence-electron chi connectivity index (χ0n) is 29.8. The van der Waals surface area contributed by atoms with E-state index in [1.807, 2.05) is 6.07 Å². The molecule has 0 saturated carbocycles. The van der Waals surface area contributed by atoms with Crippen molar-refractivity contribution >= 4 is 33.0 Å². The van der Waals surface area contributed by atoms with E-state index in [1.165, 1.54) is 57.8 Å². The van der Waals surface area contributed by atoms with Crippen LogP contribution in [-0.2, 0) is 0 Å². The molecule has 0 aliphatic heterocycles. The number of benzene rings is 2. The molecule has 46 heavy (non-hydrogen) atoms. The summed E-state index contributed by atoms with van der Waals surface area (Å²) in [7, 11) is 0. The molecule has 0 spiro atoms. The molecular weight excluding hydrogens is 636 g/mol. The van der Waals surface area contributed by atoms with Gasteiger partial charge in [-0.1, -0.05) is 106 Å². The lowest BCUT2D eigenvalue weighted by Gasteiger charge is -2.29. The fourth-order valence-electron chi connectivity index (χ4n) is 5.53. The second-order valence-corrected chi connectivity index (χ2v) is 13.5. The fraction of sp³-hybridized carbons (Fsp3) is 0.667. The molecule has 0 amide bonds. The van der Waals surface area contributed by atoms with E-state index in [4.69, 9.17) is 14.6 Å². The van der Waals surface area contributed by atoms with E-state index < -0.39 is 0 Å². The highest BCUT2D eigenvalue weighted by molar-refractivity contribution is 9.10. The molecule has 2 unspecified atom stereocenters. The van der Waals surface area contributed by atoms with E-state index in [9.17, 15) is 5.26 Å². The average molecular weight is 698 g/mol. The average Bonchev–Trinajstić information content (AvgIpc) is 3.07. The first kappa shape index (κ1) is 39.6. The Balaban J connectivity index is 2.63. The molecule has 0 fully saturated rings. The number of rotatable bonds is 25. The number of ether oxygens (including phenoxy) is 2. The van der Waals surface area contributed by atoms with Crippen LogP contribution in [0.15, 0.2) is 45.0 Å². The second kappa shape index (κ2) is 23.7. The molecule has 256 valence electrons. The molecule has 6 nitrogen and oxygen atoms in total. The van der Waals surface area contributed by atoms with Crippen molar-refractivity contribution in [1.82, 2.24) is 0 Å². The quantitative estimate of drug-likeness (QED) is 0.0765. The van der Waals surface area contributed by atoms with Gasteiger partial charge in [-0.2, -0.15) is 5.26 Å². The van der Waals surface area contributed by atoms with E-state index in [1.54, 1.807) is 12.1 Å². The normalized spacial score (nSPS) is 12.7. The number of azo groups is 1. The molecule has 0 aliphatic carbocycles. The van der Waals surface area contributed by atoms with Crippen LogP contribution < -0.4 is 14.4 Å². The van der Waals surface area contributed by atoms with E-state index in [-0.39, 0.29) is 0 Å². The summed E-state index contributed by atoms with van der Waals surface area (Å²) in [5.74, 6) is 2.62. The summed E-state index contributed by atoms with van der Waals surface area (Å²) in [4.78, 5) is 2.52. The van der Waals surface area contributed by atoms with Crippen LogP contribution in [0.25, 0.3) is 0 Å². The lowest BCUT2D eigenvalue weighted by molar-refractivity contribution is 0.228. The molecule has 0 N–H and O–H groups in total. The summed E-state index contributed by atoms with van der Waals surface area (Å²) in [5, 5.41) is 18.7. The highest BCUT2D eigenvalue weighted by Gasteiger charge is 2.20. The Labute approximate surface area is 289 Å². The summed E-state index contributed by atoms with van der Waals surface area (Å²) in [5.41, 5.74) is 3.02. The molecule has 0 bridgehead atoms. The van der Waals surface area contributed by atoms with Crippen LogP contribution in [-0.4, -0.2) is 26.3 Å². The predicted molar refractivity (Wildman–Crippen MR) is 198 cm³/mol. The second-order valence-electron chi connectivity index (χ2n) is 12.6. The fourth-order valence-corrected chi connectivity index (χ4v) is 5.99. The van der Waals surface area contributed by atoms with Crippen molar-refractivity contribution in [2.24, 2.45) is 22.1 Å². The van der Waals surface area contributed by atoms with Crippen molar-refractivity contribution in [3.63, 3.8) is 0 Å². The molecule has 2 aromatic rings. The van der Waals surface area contributed by atoms with Crippen LogP contribution >= 0.6 is 15.9 Å². The van der Waals surface area contributed by atoms with Gasteiger partial charge in [0, 0.05) is 29.7 Å². The topological polar surface area (TPSA) is 70.2 Å². The SMILES string of the molecule is CCCCCN(CCCCC)c1cc(OCC(CC)CCCC)c(/N=N/c2ccc(C#N)cc2Br)cc1OCC(CC)CCCC. The Kier molecular flexibility index (Phi) is 20.4. The molecule has 7 heteroatoms. The molecule has 2 aromatic carbocycles. The minimum atomic E-state index is 0.492. The van der Waals surface area contributed by atoms with Crippen LogP contribution in [0.3, 0.4) is 0 Å². The molecule has 2 atom stereocenters. The summed E-state index contributed by atoms with van der Waals surface area (Å²) >= 11 is 3.57. The van der Waals surface area contributed by atoms with E-state index in [0.29, 0.717) is 42.0 Å². The standard InChI is InChI=1S/C39H61BrN4O2/c1-7-13-17-23-44(24-18-14-8-2)37-27-38(45-29-31(11-5)19-15-9-3)36(26-39(37)46-30-32(12-6)20-16-10-4)43-42-35-22-21-33(28-41)25-34(35)40/h21-22,25-27,31-32H,7-20,23-24,29-30H2,1-6H3/b43-42+. The van der Waals surface area contributed by atoms with Gasteiger partial charge in [0.2, 0.25) is 0 Å². The Bertz CT molecular complexity index is 1190. The Morgan fingerprint density at radius 2 is 1.24 bits per heavy atom. The number of unbranched alkanes of at least 4 members (excludes halogenated alkanes) is 6. The summed E-state index contributed by atoms with van der Waals surface area (Å²) in [6.07, 6.45) is 16.4. The largest absolute Gasteiger partial charge is 0.491 e. The van der Waals surface area contributed by atoms with E-state index >= 15 is 0 Å². The van der Waals surface area contributed by atoms with Crippen molar-refractivity contribution < 1.29 is 9.47 Å². The van der Waals surface area contributed by atoms with Crippen molar-refractivity contribution in [1.29, 1.82) is 5.26 Å². The third-order valence-corrected chi connectivity index (χ3v) is 9.46. The maximum absolute atomic E-state index is 9.31. The third-order valence-electron chi connectivity index (χ3n) is 8.82. The number of hydrogen-bond acceptors (Lipinski definition) is 6. The highest BCUT2D eigenvalue weighted by Crippen LogP contribution is 2.42. The van der Waals surface area contributed by atoms with Crippen molar-refractivity contribution in [3.8, 4) is 17.6 Å². The molecular formula is C39H61BrN4O2. The molecule has 0 aromatic heterocycles. The van der Waals surface area contributed by atoms with Crippen molar-refractivity contribution in [2.45, 2.75) is 131 Å². The maximum Gasteiger partial charge on any atom is 0.149 e. The minimum absolute atomic E-state index is 0.492. The van der Waals surface area contributed by atoms with Gasteiger partial charge in [0.05, 0.1) is 36.2 Å². The first-order chi connectivity index (χ1) is 22.4. The summed E-state index contributed by atoms with van der Waals surface area (Å²) < 4.78 is 14.1. The molecule has 0 heterocycles. The van der Waals surface area contributed by atoms with Gasteiger partial charge in [0.15, 0.2) is 0 Å². The molecule has 0 radical (unpaired) electrons. The minimum Gasteiger partial charge on any atom is -0.491 e. The van der Waals surface area contributed by atoms with Crippen molar-refractivity contribution in [2.75, 3.05) is 31.2 Å². The Morgan fingerprint density at radius 3 is 1.74 bits per heavy atom. The number of nitrogens with zero attached hydrogens (tertiary/aromatic N) is 4. The van der Waals surface area contributed by atoms with E-state index in [0.717, 1.165) is 66.9 Å². The highest BCUT2D eigenvalue weighted by atomic mass is 79.9. The monoisotopic (exact) mass is 696 g/mol.